The van der Waals surface area contributed by atoms with Crippen LogP contribution in [0.4, 0.5) is 0 Å². The van der Waals surface area contributed by atoms with Crippen LogP contribution in [0.5, 0.6) is 0 Å². The van der Waals surface area contributed by atoms with Gasteiger partial charge in [-0.1, -0.05) is 24.0 Å². The lowest BCUT2D eigenvalue weighted by atomic mass is 10.0. The van der Waals surface area contributed by atoms with E-state index in [2.05, 4.69) is 0 Å². The molecule has 13 heavy (non-hydrogen) atoms. The summed E-state index contributed by atoms with van der Waals surface area (Å²) in [5.74, 6) is 0.521. The van der Waals surface area contributed by atoms with Crippen LogP contribution < -0.4 is 0 Å². The molecule has 74 valence electrons. The van der Waals surface area contributed by atoms with Crippen molar-refractivity contribution in [1.82, 2.24) is 4.90 Å². The van der Waals surface area contributed by atoms with Crippen LogP contribution in [0.3, 0.4) is 0 Å². The van der Waals surface area contributed by atoms with E-state index in [1.807, 2.05) is 18.9 Å². The molecule has 0 unspecified atom stereocenters. The van der Waals surface area contributed by atoms with E-state index >= 15 is 0 Å². The molecule has 2 fully saturated rings. The van der Waals surface area contributed by atoms with E-state index in [0.29, 0.717) is 0 Å². The molecule has 0 N–H and O–H groups in total. The Kier molecular flexibility index (Phi) is 1.95. The minimum Gasteiger partial charge on any atom is -0.353 e. The van der Waals surface area contributed by atoms with E-state index in [-0.39, 0.29) is 22.3 Å². The van der Waals surface area contributed by atoms with Crippen LogP contribution in [0, 0.1) is 0 Å². The molecule has 0 bridgehead atoms. The van der Waals surface area contributed by atoms with Crippen molar-refractivity contribution < 1.29 is 8.42 Å². The molecule has 3 nitrogen and oxygen atoms in total. The van der Waals surface area contributed by atoms with Crippen molar-refractivity contribution in [1.29, 1.82) is 0 Å². The molecule has 0 spiro atoms. The van der Waals surface area contributed by atoms with Crippen LogP contribution >= 0.6 is 24.0 Å². The standard InChI is InChI=1S/C7H11NO2S3/c1-7-4-13(9,10)3-5(7)12-6(11)8(7)2/h5H,3-4H2,1-2H3/t5-,7+/m1/s1. The summed E-state index contributed by atoms with van der Waals surface area (Å²) in [6.45, 7) is 1.98. The van der Waals surface area contributed by atoms with Gasteiger partial charge in [-0.15, -0.1) is 0 Å². The molecule has 0 amide bonds. The van der Waals surface area contributed by atoms with Crippen molar-refractivity contribution in [3.63, 3.8) is 0 Å². The van der Waals surface area contributed by atoms with E-state index in [4.69, 9.17) is 12.2 Å². The van der Waals surface area contributed by atoms with Gasteiger partial charge in [0.2, 0.25) is 0 Å². The second-order valence-corrected chi connectivity index (χ2v) is 7.79. The van der Waals surface area contributed by atoms with Crippen molar-refractivity contribution in [2.75, 3.05) is 18.6 Å². The van der Waals surface area contributed by atoms with Crippen LogP contribution in [0.15, 0.2) is 0 Å². The molecule has 0 aromatic rings. The van der Waals surface area contributed by atoms with Gasteiger partial charge in [0, 0.05) is 12.3 Å². The SMILES string of the molecule is CN1C(=S)S[C@@H]2CS(=O)(=O)C[C@@]21C. The summed E-state index contributed by atoms with van der Waals surface area (Å²) in [5.41, 5.74) is -0.263. The van der Waals surface area contributed by atoms with Gasteiger partial charge < -0.3 is 4.90 Å². The number of fused-ring (bicyclic) bond motifs is 1. The minimum atomic E-state index is -2.84. The van der Waals surface area contributed by atoms with Gasteiger partial charge in [0.05, 0.1) is 17.0 Å². The average molecular weight is 237 g/mol. The number of hydrogen-bond acceptors (Lipinski definition) is 4. The van der Waals surface area contributed by atoms with Crippen molar-refractivity contribution in [3.05, 3.63) is 0 Å². The first-order valence-electron chi connectivity index (χ1n) is 4.00. The Balaban J connectivity index is 2.41. The highest BCUT2D eigenvalue weighted by Gasteiger charge is 2.55. The summed E-state index contributed by atoms with van der Waals surface area (Å²) >= 11 is 6.66. The summed E-state index contributed by atoms with van der Waals surface area (Å²) in [7, 11) is -0.957. The van der Waals surface area contributed by atoms with Gasteiger partial charge >= 0.3 is 0 Å². The first kappa shape index (κ1) is 9.73. The first-order chi connectivity index (χ1) is 5.85. The Morgan fingerprint density at radius 3 is 2.85 bits per heavy atom. The molecule has 2 atom stereocenters. The maximum atomic E-state index is 11.4. The fourth-order valence-electron chi connectivity index (χ4n) is 1.89. The van der Waals surface area contributed by atoms with Crippen LogP contribution in [0.1, 0.15) is 6.92 Å². The molecule has 2 rings (SSSR count). The molecule has 2 aliphatic heterocycles. The van der Waals surface area contributed by atoms with Crippen LogP contribution in [0.2, 0.25) is 0 Å². The number of thiocarbonyl (C=S) groups is 1. The average Bonchev–Trinajstić information content (AvgIpc) is 2.29. The maximum absolute atomic E-state index is 11.4. The zero-order valence-corrected chi connectivity index (χ0v) is 9.93. The summed E-state index contributed by atoms with van der Waals surface area (Å²) in [6, 6.07) is 0. The largest absolute Gasteiger partial charge is 0.353 e. The highest BCUT2D eigenvalue weighted by molar-refractivity contribution is 8.24. The third kappa shape index (κ3) is 1.30. The molecule has 2 aliphatic rings. The fourth-order valence-corrected chi connectivity index (χ4v) is 6.78. The minimum absolute atomic E-state index is 0.134. The lowest BCUT2D eigenvalue weighted by Crippen LogP contribution is -2.46. The summed E-state index contributed by atoms with van der Waals surface area (Å²) < 4.78 is 23.7. The molecule has 0 aromatic heterocycles. The predicted octanol–water partition coefficient (Wildman–Crippen LogP) is 0.506. The first-order valence-corrected chi connectivity index (χ1v) is 7.11. The molecular formula is C7H11NO2S3. The Morgan fingerprint density at radius 1 is 1.69 bits per heavy atom. The van der Waals surface area contributed by atoms with Crippen LogP contribution in [0.25, 0.3) is 0 Å². The van der Waals surface area contributed by atoms with Crippen molar-refractivity contribution in [3.8, 4) is 0 Å². The Labute approximate surface area is 87.8 Å². The second-order valence-electron chi connectivity index (χ2n) is 3.84. The van der Waals surface area contributed by atoms with E-state index in [0.717, 1.165) is 4.32 Å². The Hall–Kier alpha value is 0.190. The molecule has 0 aromatic carbocycles. The third-order valence-electron chi connectivity index (χ3n) is 2.89. The normalized spacial score (nSPS) is 42.5. The molecule has 2 saturated heterocycles. The van der Waals surface area contributed by atoms with Crippen LogP contribution in [-0.4, -0.2) is 47.0 Å². The third-order valence-corrected chi connectivity index (χ3v) is 6.97. The van der Waals surface area contributed by atoms with Gasteiger partial charge in [0.15, 0.2) is 9.84 Å². The Bertz CT molecular complexity index is 364. The Morgan fingerprint density at radius 2 is 2.31 bits per heavy atom. The number of rotatable bonds is 0. The molecule has 2 heterocycles. The lowest BCUT2D eigenvalue weighted by Gasteiger charge is -2.30. The van der Waals surface area contributed by atoms with Gasteiger partial charge in [0.25, 0.3) is 0 Å². The van der Waals surface area contributed by atoms with E-state index in [9.17, 15) is 8.42 Å². The van der Waals surface area contributed by atoms with E-state index in [1.54, 1.807) is 0 Å². The summed E-state index contributed by atoms with van der Waals surface area (Å²) in [4.78, 5) is 1.93. The molecule has 0 aliphatic carbocycles. The highest BCUT2D eigenvalue weighted by Crippen LogP contribution is 2.44. The highest BCUT2D eigenvalue weighted by atomic mass is 32.2. The molecule has 0 saturated carbocycles. The fraction of sp³-hybridized carbons (Fsp3) is 0.857. The maximum Gasteiger partial charge on any atom is 0.153 e. The number of nitrogens with zero attached hydrogens (tertiary/aromatic N) is 1. The summed E-state index contributed by atoms with van der Waals surface area (Å²) in [5, 5.41) is 0.134. The van der Waals surface area contributed by atoms with Crippen molar-refractivity contribution in [2.24, 2.45) is 0 Å². The van der Waals surface area contributed by atoms with Gasteiger partial charge in [-0.2, -0.15) is 0 Å². The second kappa shape index (κ2) is 2.61. The smallest absolute Gasteiger partial charge is 0.153 e. The topological polar surface area (TPSA) is 37.4 Å². The number of sulfone groups is 1. The zero-order chi connectivity index (χ0) is 9.85. The van der Waals surface area contributed by atoms with Gasteiger partial charge in [-0.3, -0.25) is 0 Å². The summed E-state index contributed by atoms with van der Waals surface area (Å²) in [6.07, 6.45) is 0. The van der Waals surface area contributed by atoms with Crippen molar-refractivity contribution in [2.45, 2.75) is 17.7 Å². The molecule has 0 radical (unpaired) electrons. The monoisotopic (exact) mass is 237 g/mol. The quantitative estimate of drug-likeness (QED) is 0.574. The molecule has 6 heteroatoms. The van der Waals surface area contributed by atoms with Gasteiger partial charge in [-0.25, -0.2) is 8.42 Å². The molecular weight excluding hydrogens is 226 g/mol. The van der Waals surface area contributed by atoms with E-state index in [1.165, 1.54) is 11.8 Å². The predicted molar refractivity (Wildman–Crippen MR) is 58.8 cm³/mol. The van der Waals surface area contributed by atoms with Crippen LogP contribution in [-0.2, 0) is 9.84 Å². The lowest BCUT2D eigenvalue weighted by molar-refractivity contribution is 0.289. The van der Waals surface area contributed by atoms with E-state index < -0.39 is 9.84 Å². The number of thioether (sulfide) groups is 1. The van der Waals surface area contributed by atoms with Crippen molar-refractivity contribution >= 4 is 38.1 Å². The van der Waals surface area contributed by atoms with Gasteiger partial charge in [-0.05, 0) is 6.92 Å². The zero-order valence-electron chi connectivity index (χ0n) is 7.48. The van der Waals surface area contributed by atoms with Gasteiger partial charge in [0.1, 0.15) is 4.32 Å². The number of hydrogen-bond donors (Lipinski definition) is 0.